The second-order valence-corrected chi connectivity index (χ2v) is 3.23. The highest BCUT2D eigenvalue weighted by Crippen LogP contribution is 2.32. The summed E-state index contributed by atoms with van der Waals surface area (Å²) in [7, 11) is 0. The standard InChI is InChI=1S/C6H7F3N2S/c1-3-2-4(12-11-3)5(10)6(7,8)9/h2,5H,10H2,1H3. The van der Waals surface area contributed by atoms with E-state index < -0.39 is 12.2 Å². The molecule has 2 nitrogen and oxygen atoms in total. The molecule has 6 heteroatoms. The van der Waals surface area contributed by atoms with Gasteiger partial charge in [-0.05, 0) is 24.5 Å². The number of aryl methyl sites for hydroxylation is 1. The van der Waals surface area contributed by atoms with Crippen molar-refractivity contribution < 1.29 is 13.2 Å². The van der Waals surface area contributed by atoms with E-state index in [1.54, 1.807) is 6.92 Å². The Hall–Kier alpha value is -0.620. The largest absolute Gasteiger partial charge is 0.408 e. The highest BCUT2D eigenvalue weighted by molar-refractivity contribution is 7.05. The molecule has 0 spiro atoms. The maximum Gasteiger partial charge on any atom is 0.408 e. The van der Waals surface area contributed by atoms with Gasteiger partial charge < -0.3 is 5.73 Å². The van der Waals surface area contributed by atoms with E-state index in [2.05, 4.69) is 4.37 Å². The van der Waals surface area contributed by atoms with Crippen LogP contribution in [0.15, 0.2) is 6.07 Å². The number of nitrogens with two attached hydrogens (primary N) is 1. The lowest BCUT2D eigenvalue weighted by molar-refractivity contribution is -0.148. The van der Waals surface area contributed by atoms with Gasteiger partial charge in [-0.2, -0.15) is 17.5 Å². The zero-order chi connectivity index (χ0) is 9.35. The van der Waals surface area contributed by atoms with Gasteiger partial charge in [-0.25, -0.2) is 0 Å². The third-order valence-electron chi connectivity index (χ3n) is 1.31. The number of hydrogen-bond donors (Lipinski definition) is 1. The van der Waals surface area contributed by atoms with E-state index in [9.17, 15) is 13.2 Å². The summed E-state index contributed by atoms with van der Waals surface area (Å²) in [6, 6.07) is -0.549. The van der Waals surface area contributed by atoms with Crippen molar-refractivity contribution >= 4 is 11.5 Å². The Labute approximate surface area is 71.4 Å². The van der Waals surface area contributed by atoms with Crippen LogP contribution in [0.2, 0.25) is 0 Å². The maximum absolute atomic E-state index is 12.0. The summed E-state index contributed by atoms with van der Waals surface area (Å²) in [6.07, 6.45) is -4.38. The van der Waals surface area contributed by atoms with Crippen LogP contribution in [0, 0.1) is 6.92 Å². The molecule has 0 saturated heterocycles. The molecule has 1 atom stereocenters. The van der Waals surface area contributed by atoms with E-state index in [0.29, 0.717) is 5.69 Å². The Morgan fingerprint density at radius 2 is 2.17 bits per heavy atom. The van der Waals surface area contributed by atoms with Crippen molar-refractivity contribution in [2.45, 2.75) is 19.1 Å². The van der Waals surface area contributed by atoms with E-state index in [-0.39, 0.29) is 4.88 Å². The Morgan fingerprint density at radius 3 is 2.50 bits per heavy atom. The van der Waals surface area contributed by atoms with Gasteiger partial charge >= 0.3 is 6.18 Å². The first-order chi connectivity index (χ1) is 5.41. The van der Waals surface area contributed by atoms with E-state index in [4.69, 9.17) is 5.73 Å². The minimum atomic E-state index is -4.38. The first-order valence-corrected chi connectivity index (χ1v) is 3.94. The van der Waals surface area contributed by atoms with Gasteiger partial charge in [-0.15, -0.1) is 0 Å². The molecule has 0 aliphatic rings. The molecule has 1 rings (SSSR count). The van der Waals surface area contributed by atoms with Crippen molar-refractivity contribution in [2.24, 2.45) is 5.73 Å². The molecule has 1 aromatic rings. The number of nitrogens with zero attached hydrogens (tertiary/aromatic N) is 1. The first kappa shape index (κ1) is 9.47. The van der Waals surface area contributed by atoms with Gasteiger partial charge in [-0.3, -0.25) is 0 Å². The Morgan fingerprint density at radius 1 is 1.58 bits per heavy atom. The molecular formula is C6H7F3N2S. The summed E-state index contributed by atoms with van der Waals surface area (Å²) in [5.41, 5.74) is 5.50. The molecule has 0 aliphatic heterocycles. The van der Waals surface area contributed by atoms with E-state index in [1.807, 2.05) is 0 Å². The van der Waals surface area contributed by atoms with Crippen molar-refractivity contribution in [3.8, 4) is 0 Å². The number of rotatable bonds is 1. The quantitative estimate of drug-likeness (QED) is 0.746. The SMILES string of the molecule is Cc1cc(C(N)C(F)(F)F)sn1. The van der Waals surface area contributed by atoms with Crippen LogP contribution in [-0.4, -0.2) is 10.5 Å². The molecule has 0 bridgehead atoms. The lowest BCUT2D eigenvalue weighted by Crippen LogP contribution is -2.27. The number of hydrogen-bond acceptors (Lipinski definition) is 3. The topological polar surface area (TPSA) is 38.9 Å². The lowest BCUT2D eigenvalue weighted by Gasteiger charge is -2.12. The second kappa shape index (κ2) is 3.02. The van der Waals surface area contributed by atoms with E-state index in [1.165, 1.54) is 6.07 Å². The van der Waals surface area contributed by atoms with Crippen LogP contribution in [0.1, 0.15) is 16.6 Å². The van der Waals surface area contributed by atoms with Crippen molar-refractivity contribution in [3.63, 3.8) is 0 Å². The van der Waals surface area contributed by atoms with Crippen LogP contribution in [0.4, 0.5) is 13.2 Å². The van der Waals surface area contributed by atoms with Crippen molar-refractivity contribution in [2.75, 3.05) is 0 Å². The molecule has 68 valence electrons. The predicted octanol–water partition coefficient (Wildman–Crippen LogP) is 2.01. The average Bonchev–Trinajstić information content (AvgIpc) is 2.32. The lowest BCUT2D eigenvalue weighted by atomic mass is 10.2. The molecule has 2 N–H and O–H groups in total. The summed E-state index contributed by atoms with van der Waals surface area (Å²) in [4.78, 5) is 0.0556. The number of halogens is 3. The van der Waals surface area contributed by atoms with Crippen molar-refractivity contribution in [3.05, 3.63) is 16.6 Å². The van der Waals surface area contributed by atoms with Crippen LogP contribution < -0.4 is 5.73 Å². The van der Waals surface area contributed by atoms with Gasteiger partial charge in [0, 0.05) is 0 Å². The van der Waals surface area contributed by atoms with Gasteiger partial charge in [0.2, 0.25) is 0 Å². The van der Waals surface area contributed by atoms with Crippen LogP contribution in [0.3, 0.4) is 0 Å². The summed E-state index contributed by atoms with van der Waals surface area (Å²) in [5.74, 6) is 0. The first-order valence-electron chi connectivity index (χ1n) is 3.17. The fourth-order valence-corrected chi connectivity index (χ4v) is 1.46. The molecule has 1 unspecified atom stereocenters. The highest BCUT2D eigenvalue weighted by Gasteiger charge is 2.38. The summed E-state index contributed by atoms with van der Waals surface area (Å²) in [5, 5.41) is 0. The number of alkyl halides is 3. The van der Waals surface area contributed by atoms with Gasteiger partial charge in [0.25, 0.3) is 0 Å². The van der Waals surface area contributed by atoms with Gasteiger partial charge in [0.15, 0.2) is 0 Å². The molecule has 0 aromatic carbocycles. The van der Waals surface area contributed by atoms with Crippen LogP contribution in [-0.2, 0) is 0 Å². The Balaban J connectivity index is 2.85. The molecule has 0 saturated carbocycles. The fourth-order valence-electron chi connectivity index (χ4n) is 0.691. The Bertz CT molecular complexity index is 268. The van der Waals surface area contributed by atoms with Gasteiger partial charge in [0.05, 0.1) is 10.6 Å². The zero-order valence-corrected chi connectivity index (χ0v) is 7.04. The molecule has 1 aromatic heterocycles. The molecule has 0 fully saturated rings. The summed E-state index contributed by atoms with van der Waals surface area (Å²) >= 11 is 0.790. The third kappa shape index (κ3) is 1.95. The Kier molecular flexibility index (Phi) is 2.39. The monoisotopic (exact) mass is 196 g/mol. The minimum Gasteiger partial charge on any atom is -0.316 e. The molecule has 0 aliphatic carbocycles. The van der Waals surface area contributed by atoms with E-state index in [0.717, 1.165) is 11.5 Å². The summed E-state index contributed by atoms with van der Waals surface area (Å²) in [6.45, 7) is 1.63. The van der Waals surface area contributed by atoms with Crippen LogP contribution in [0.5, 0.6) is 0 Å². The summed E-state index contributed by atoms with van der Waals surface area (Å²) < 4.78 is 39.7. The second-order valence-electron chi connectivity index (χ2n) is 2.39. The third-order valence-corrected chi connectivity index (χ3v) is 2.27. The molecular weight excluding hydrogens is 189 g/mol. The fraction of sp³-hybridized carbons (Fsp3) is 0.500. The van der Waals surface area contributed by atoms with Gasteiger partial charge in [-0.1, -0.05) is 0 Å². The average molecular weight is 196 g/mol. The normalized spacial score (nSPS) is 14.8. The van der Waals surface area contributed by atoms with Crippen molar-refractivity contribution in [1.82, 2.24) is 4.37 Å². The van der Waals surface area contributed by atoms with Crippen LogP contribution in [0.25, 0.3) is 0 Å². The molecule has 1 heterocycles. The molecule has 12 heavy (non-hydrogen) atoms. The zero-order valence-electron chi connectivity index (χ0n) is 6.22. The highest BCUT2D eigenvalue weighted by atomic mass is 32.1. The molecule has 0 radical (unpaired) electrons. The smallest absolute Gasteiger partial charge is 0.316 e. The maximum atomic E-state index is 12.0. The van der Waals surface area contributed by atoms with Crippen molar-refractivity contribution in [1.29, 1.82) is 0 Å². The number of aromatic nitrogens is 1. The van der Waals surface area contributed by atoms with E-state index >= 15 is 0 Å². The van der Waals surface area contributed by atoms with Gasteiger partial charge in [0.1, 0.15) is 6.04 Å². The predicted molar refractivity (Wildman–Crippen MR) is 39.8 cm³/mol. The van der Waals surface area contributed by atoms with Crippen LogP contribution >= 0.6 is 11.5 Å². The minimum absolute atomic E-state index is 0.0556. The molecule has 0 amide bonds.